The van der Waals surface area contributed by atoms with Crippen LogP contribution in [0.4, 0.5) is 10.5 Å². The highest BCUT2D eigenvalue weighted by atomic mass is 16.3. The highest BCUT2D eigenvalue weighted by molar-refractivity contribution is 5.94. The third-order valence-electron chi connectivity index (χ3n) is 2.87. The summed E-state index contributed by atoms with van der Waals surface area (Å²) in [5.41, 5.74) is 2.06. The fourth-order valence-electron chi connectivity index (χ4n) is 2.00. The van der Waals surface area contributed by atoms with Crippen molar-refractivity contribution in [2.45, 2.75) is 6.92 Å². The second-order valence-electron chi connectivity index (χ2n) is 3.93. The first kappa shape index (κ1) is 11.0. The number of nitrogens with zero attached hydrogens (tertiary/aromatic N) is 2. The Hall–Kier alpha value is -1.55. The van der Waals surface area contributed by atoms with Gasteiger partial charge in [-0.05, 0) is 18.6 Å². The normalized spacial score (nSPS) is 16.0. The number of aliphatic hydroxyl groups is 1. The summed E-state index contributed by atoms with van der Waals surface area (Å²) < 4.78 is 0. The summed E-state index contributed by atoms with van der Waals surface area (Å²) in [7, 11) is 0. The third kappa shape index (κ3) is 1.88. The maximum Gasteiger partial charge on any atom is 0.324 e. The molecule has 0 saturated carbocycles. The smallest absolute Gasteiger partial charge is 0.324 e. The van der Waals surface area contributed by atoms with Crippen molar-refractivity contribution in [1.29, 1.82) is 0 Å². The average Bonchev–Trinajstić information content (AvgIpc) is 2.62. The van der Waals surface area contributed by atoms with Gasteiger partial charge in [-0.3, -0.25) is 4.90 Å². The summed E-state index contributed by atoms with van der Waals surface area (Å²) in [6.07, 6.45) is 0. The van der Waals surface area contributed by atoms with E-state index in [-0.39, 0.29) is 12.6 Å². The van der Waals surface area contributed by atoms with Crippen LogP contribution in [-0.2, 0) is 0 Å². The number of benzene rings is 1. The molecule has 4 nitrogen and oxygen atoms in total. The number of carbonyl (C=O) groups excluding carboxylic acids is 1. The van der Waals surface area contributed by atoms with E-state index in [1.807, 2.05) is 31.2 Å². The van der Waals surface area contributed by atoms with Gasteiger partial charge in [0.05, 0.1) is 6.61 Å². The Morgan fingerprint density at radius 1 is 1.31 bits per heavy atom. The molecule has 1 aromatic rings. The number of amides is 2. The summed E-state index contributed by atoms with van der Waals surface area (Å²) in [5.74, 6) is 0. The van der Waals surface area contributed by atoms with Crippen molar-refractivity contribution in [3.63, 3.8) is 0 Å². The molecule has 0 aromatic heterocycles. The average molecular weight is 220 g/mol. The molecule has 1 heterocycles. The van der Waals surface area contributed by atoms with E-state index in [1.54, 1.807) is 9.80 Å². The first-order chi connectivity index (χ1) is 7.74. The first-order valence-electron chi connectivity index (χ1n) is 5.47. The Balaban J connectivity index is 2.19. The Morgan fingerprint density at radius 3 is 2.75 bits per heavy atom. The number of carbonyl (C=O) groups is 1. The van der Waals surface area contributed by atoms with Crippen molar-refractivity contribution in [1.82, 2.24) is 4.90 Å². The van der Waals surface area contributed by atoms with Gasteiger partial charge >= 0.3 is 6.03 Å². The van der Waals surface area contributed by atoms with Gasteiger partial charge < -0.3 is 10.0 Å². The Bertz CT molecular complexity index is 392. The van der Waals surface area contributed by atoms with Crippen molar-refractivity contribution < 1.29 is 9.90 Å². The molecule has 4 heteroatoms. The number of aliphatic hydroxyl groups excluding tert-OH is 1. The lowest BCUT2D eigenvalue weighted by Crippen LogP contribution is -2.33. The van der Waals surface area contributed by atoms with Gasteiger partial charge in [0.2, 0.25) is 0 Å². The van der Waals surface area contributed by atoms with Crippen LogP contribution in [0.2, 0.25) is 0 Å². The molecule has 0 atom stereocenters. The fourth-order valence-corrected chi connectivity index (χ4v) is 2.00. The summed E-state index contributed by atoms with van der Waals surface area (Å²) in [6.45, 7) is 3.82. The molecular formula is C12H16N2O2. The van der Waals surface area contributed by atoms with Crippen LogP contribution in [0.25, 0.3) is 0 Å². The van der Waals surface area contributed by atoms with Gasteiger partial charge in [-0.1, -0.05) is 18.2 Å². The Kier molecular flexibility index (Phi) is 3.10. The molecule has 0 spiro atoms. The van der Waals surface area contributed by atoms with E-state index >= 15 is 0 Å². The number of urea groups is 1. The highest BCUT2D eigenvalue weighted by Crippen LogP contribution is 2.23. The summed E-state index contributed by atoms with van der Waals surface area (Å²) in [4.78, 5) is 15.4. The minimum atomic E-state index is -0.0108. The van der Waals surface area contributed by atoms with Crippen molar-refractivity contribution in [2.75, 3.05) is 31.1 Å². The van der Waals surface area contributed by atoms with E-state index in [9.17, 15) is 4.79 Å². The lowest BCUT2D eigenvalue weighted by Gasteiger charge is -2.19. The van der Waals surface area contributed by atoms with Crippen molar-refractivity contribution >= 4 is 11.7 Å². The van der Waals surface area contributed by atoms with E-state index in [4.69, 9.17) is 5.11 Å². The van der Waals surface area contributed by atoms with Crippen LogP contribution in [0.5, 0.6) is 0 Å². The molecule has 1 aliphatic heterocycles. The van der Waals surface area contributed by atoms with Crippen LogP contribution >= 0.6 is 0 Å². The maximum absolute atomic E-state index is 12.0. The van der Waals surface area contributed by atoms with E-state index in [1.165, 1.54) is 0 Å². The summed E-state index contributed by atoms with van der Waals surface area (Å²) >= 11 is 0. The molecule has 1 N–H and O–H groups in total. The fraction of sp³-hybridized carbons (Fsp3) is 0.417. The van der Waals surface area contributed by atoms with E-state index in [0.717, 1.165) is 11.3 Å². The number of β-amino-alcohol motifs (C(OH)–C–C–N with tert-alkyl or cyclic N) is 1. The second kappa shape index (κ2) is 4.53. The predicted octanol–water partition coefficient (Wildman–Crippen LogP) is 1.23. The molecule has 1 saturated heterocycles. The third-order valence-corrected chi connectivity index (χ3v) is 2.87. The molecule has 1 aromatic carbocycles. The number of anilines is 1. The molecular weight excluding hydrogens is 204 g/mol. The van der Waals surface area contributed by atoms with Gasteiger partial charge in [-0.15, -0.1) is 0 Å². The van der Waals surface area contributed by atoms with Crippen LogP contribution in [0.1, 0.15) is 5.56 Å². The molecule has 0 radical (unpaired) electrons. The minimum Gasteiger partial charge on any atom is -0.395 e. The Morgan fingerprint density at radius 2 is 2.06 bits per heavy atom. The minimum absolute atomic E-state index is 0.0108. The topological polar surface area (TPSA) is 43.8 Å². The molecule has 1 fully saturated rings. The first-order valence-corrected chi connectivity index (χ1v) is 5.47. The Labute approximate surface area is 95.1 Å². The van der Waals surface area contributed by atoms with Crippen LogP contribution in [0.15, 0.2) is 24.3 Å². The second-order valence-corrected chi connectivity index (χ2v) is 3.93. The van der Waals surface area contributed by atoms with Crippen LogP contribution in [0, 0.1) is 6.92 Å². The lowest BCUT2D eigenvalue weighted by molar-refractivity contribution is 0.199. The lowest BCUT2D eigenvalue weighted by atomic mass is 10.2. The summed E-state index contributed by atoms with van der Waals surface area (Å²) in [5, 5.41) is 8.84. The molecule has 0 aliphatic carbocycles. The van der Waals surface area contributed by atoms with E-state index in [0.29, 0.717) is 19.6 Å². The van der Waals surface area contributed by atoms with Gasteiger partial charge in [-0.25, -0.2) is 4.79 Å². The molecule has 86 valence electrons. The number of aryl methyl sites for hydroxylation is 1. The van der Waals surface area contributed by atoms with Gasteiger partial charge in [0.25, 0.3) is 0 Å². The van der Waals surface area contributed by atoms with Crippen LogP contribution in [0.3, 0.4) is 0 Å². The molecule has 2 amide bonds. The van der Waals surface area contributed by atoms with Crippen molar-refractivity contribution in [3.8, 4) is 0 Å². The highest BCUT2D eigenvalue weighted by Gasteiger charge is 2.29. The molecule has 1 aliphatic rings. The standard InChI is InChI=1S/C12H16N2O2/c1-10-4-2-3-5-11(10)14-7-6-13(8-9-15)12(14)16/h2-5,15H,6-9H2,1H3. The molecule has 2 rings (SSSR count). The van der Waals surface area contributed by atoms with E-state index in [2.05, 4.69) is 0 Å². The largest absolute Gasteiger partial charge is 0.395 e. The van der Waals surface area contributed by atoms with Gasteiger partial charge in [-0.2, -0.15) is 0 Å². The number of hydrogen-bond acceptors (Lipinski definition) is 2. The maximum atomic E-state index is 12.0. The number of rotatable bonds is 3. The monoisotopic (exact) mass is 220 g/mol. The number of hydrogen-bond donors (Lipinski definition) is 1. The zero-order valence-electron chi connectivity index (χ0n) is 9.39. The zero-order chi connectivity index (χ0) is 11.5. The quantitative estimate of drug-likeness (QED) is 0.832. The molecule has 16 heavy (non-hydrogen) atoms. The van der Waals surface area contributed by atoms with E-state index < -0.39 is 0 Å². The van der Waals surface area contributed by atoms with Gasteiger partial charge in [0, 0.05) is 25.3 Å². The van der Waals surface area contributed by atoms with Crippen molar-refractivity contribution in [3.05, 3.63) is 29.8 Å². The SMILES string of the molecule is Cc1ccccc1N1CCN(CCO)C1=O. The van der Waals surface area contributed by atoms with Gasteiger partial charge in [0.15, 0.2) is 0 Å². The molecule has 0 bridgehead atoms. The summed E-state index contributed by atoms with van der Waals surface area (Å²) in [6, 6.07) is 7.84. The van der Waals surface area contributed by atoms with Gasteiger partial charge in [0.1, 0.15) is 0 Å². The van der Waals surface area contributed by atoms with Crippen molar-refractivity contribution in [2.24, 2.45) is 0 Å². The molecule has 0 unspecified atom stereocenters. The number of para-hydroxylation sites is 1. The zero-order valence-corrected chi connectivity index (χ0v) is 9.39. The van der Waals surface area contributed by atoms with Crippen LogP contribution in [-0.4, -0.2) is 42.3 Å². The van der Waals surface area contributed by atoms with Crippen LogP contribution < -0.4 is 4.90 Å². The predicted molar refractivity (Wildman–Crippen MR) is 62.6 cm³/mol.